The molecular weight excluding hydrogens is 382 g/mol. The Kier molecular flexibility index (Phi) is 6.07. The smallest absolute Gasteiger partial charge is 0.231 e. The minimum absolute atomic E-state index is 0.0461. The fourth-order valence-corrected chi connectivity index (χ4v) is 3.92. The molecule has 1 saturated heterocycles. The first-order valence-corrected chi connectivity index (χ1v) is 10.4. The first-order valence-electron chi connectivity index (χ1n) is 10.4. The molecule has 2 aromatic carbocycles. The summed E-state index contributed by atoms with van der Waals surface area (Å²) in [5.41, 5.74) is 1.92. The molecule has 0 aromatic heterocycles. The van der Waals surface area contributed by atoms with Crippen LogP contribution >= 0.6 is 0 Å². The van der Waals surface area contributed by atoms with Crippen LogP contribution < -0.4 is 24.6 Å². The molecule has 7 nitrogen and oxygen atoms in total. The number of rotatable bonds is 8. The quantitative estimate of drug-likeness (QED) is 0.679. The number of hydrogen-bond donors (Lipinski definition) is 1. The molecule has 2 aliphatic heterocycles. The maximum atomic E-state index is 12.6. The molecule has 2 heterocycles. The fraction of sp³-hybridized carbons (Fsp3) is 0.391. The van der Waals surface area contributed by atoms with Gasteiger partial charge in [0.2, 0.25) is 18.6 Å². The van der Waals surface area contributed by atoms with Crippen molar-refractivity contribution in [2.75, 3.05) is 42.8 Å². The summed E-state index contributed by atoms with van der Waals surface area (Å²) in [6, 6.07) is 15.7. The fourth-order valence-electron chi connectivity index (χ4n) is 3.92. The molecule has 2 amide bonds. The van der Waals surface area contributed by atoms with Gasteiger partial charge in [0.1, 0.15) is 0 Å². The summed E-state index contributed by atoms with van der Waals surface area (Å²) in [5, 5.41) is 3.00. The van der Waals surface area contributed by atoms with Crippen LogP contribution in [0, 0.1) is 5.92 Å². The van der Waals surface area contributed by atoms with E-state index in [1.165, 1.54) is 5.69 Å². The lowest BCUT2D eigenvalue weighted by atomic mass is 10.1. The van der Waals surface area contributed by atoms with Crippen LogP contribution in [0.3, 0.4) is 0 Å². The zero-order chi connectivity index (χ0) is 20.9. The van der Waals surface area contributed by atoms with Crippen molar-refractivity contribution in [2.24, 2.45) is 5.92 Å². The van der Waals surface area contributed by atoms with Gasteiger partial charge in [-0.25, -0.2) is 0 Å². The van der Waals surface area contributed by atoms with Crippen LogP contribution in [0.15, 0.2) is 48.5 Å². The van der Waals surface area contributed by atoms with Crippen LogP contribution in [0.2, 0.25) is 0 Å². The number of carbonyl (C=O) groups excluding carboxylic acids is 2. The summed E-state index contributed by atoms with van der Waals surface area (Å²) in [5.74, 6) is 0.868. The number of hydrogen-bond acceptors (Lipinski definition) is 5. The molecule has 1 fully saturated rings. The zero-order valence-electron chi connectivity index (χ0n) is 17.2. The standard InChI is InChI=1S/C23H27N3O4/c1-2-25(18-7-4-3-5-8-18)12-6-11-24-23(28)17-13-22(27)26(15-17)19-9-10-20-21(14-19)30-16-29-20/h3-5,7-10,14,17H,2,6,11-13,15-16H2,1H3,(H,24,28). The van der Waals surface area contributed by atoms with Crippen molar-refractivity contribution in [2.45, 2.75) is 19.8 Å². The highest BCUT2D eigenvalue weighted by Crippen LogP contribution is 2.37. The molecule has 1 N–H and O–H groups in total. The minimum atomic E-state index is -0.334. The summed E-state index contributed by atoms with van der Waals surface area (Å²) in [6.45, 7) is 5.08. The number of ether oxygens (including phenoxy) is 2. The maximum Gasteiger partial charge on any atom is 0.231 e. The molecule has 30 heavy (non-hydrogen) atoms. The molecule has 1 atom stereocenters. The molecule has 1 unspecified atom stereocenters. The molecule has 0 saturated carbocycles. The van der Waals surface area contributed by atoms with E-state index in [1.54, 1.807) is 17.0 Å². The second kappa shape index (κ2) is 9.07. The number of nitrogens with zero attached hydrogens (tertiary/aromatic N) is 2. The first kappa shape index (κ1) is 20.1. The molecule has 7 heteroatoms. The minimum Gasteiger partial charge on any atom is -0.454 e. The second-order valence-corrected chi connectivity index (χ2v) is 7.50. The van der Waals surface area contributed by atoms with E-state index in [1.807, 2.05) is 24.3 Å². The van der Waals surface area contributed by atoms with Gasteiger partial charge in [0.25, 0.3) is 0 Å². The highest BCUT2D eigenvalue weighted by molar-refractivity contribution is 6.00. The van der Waals surface area contributed by atoms with E-state index in [0.29, 0.717) is 24.6 Å². The lowest BCUT2D eigenvalue weighted by molar-refractivity contribution is -0.126. The summed E-state index contributed by atoms with van der Waals surface area (Å²) in [7, 11) is 0. The van der Waals surface area contributed by atoms with E-state index in [4.69, 9.17) is 9.47 Å². The Morgan fingerprint density at radius 1 is 1.17 bits per heavy atom. The Hall–Kier alpha value is -3.22. The third-order valence-electron chi connectivity index (χ3n) is 5.57. The number of benzene rings is 2. The number of fused-ring (bicyclic) bond motifs is 1. The van der Waals surface area contributed by atoms with Crippen molar-refractivity contribution in [3.8, 4) is 11.5 Å². The van der Waals surface area contributed by atoms with Crippen LogP contribution in [0.1, 0.15) is 19.8 Å². The Bertz CT molecular complexity index is 903. The number of anilines is 2. The predicted molar refractivity (Wildman–Crippen MR) is 115 cm³/mol. The highest BCUT2D eigenvalue weighted by atomic mass is 16.7. The highest BCUT2D eigenvalue weighted by Gasteiger charge is 2.35. The Morgan fingerprint density at radius 2 is 1.97 bits per heavy atom. The lowest BCUT2D eigenvalue weighted by Gasteiger charge is -2.23. The molecule has 2 aliphatic rings. The van der Waals surface area contributed by atoms with Crippen LogP contribution in [-0.4, -0.2) is 44.8 Å². The van der Waals surface area contributed by atoms with Crippen molar-refractivity contribution in [3.05, 3.63) is 48.5 Å². The van der Waals surface area contributed by atoms with E-state index in [9.17, 15) is 9.59 Å². The molecule has 0 bridgehead atoms. The van der Waals surface area contributed by atoms with Crippen molar-refractivity contribution < 1.29 is 19.1 Å². The Balaban J connectivity index is 1.26. The first-order chi connectivity index (χ1) is 14.7. The average Bonchev–Trinajstić information content (AvgIpc) is 3.40. The second-order valence-electron chi connectivity index (χ2n) is 7.50. The van der Waals surface area contributed by atoms with Gasteiger partial charge < -0.3 is 24.6 Å². The van der Waals surface area contributed by atoms with Crippen molar-refractivity contribution >= 4 is 23.2 Å². The molecular formula is C23H27N3O4. The van der Waals surface area contributed by atoms with Crippen LogP contribution in [0.5, 0.6) is 11.5 Å². The SMILES string of the molecule is CCN(CCCNC(=O)C1CC(=O)N(c2ccc3c(c2)OCO3)C1)c1ccccc1. The summed E-state index contributed by atoms with van der Waals surface area (Å²) in [4.78, 5) is 29.0. The van der Waals surface area contributed by atoms with Gasteiger partial charge >= 0.3 is 0 Å². The van der Waals surface area contributed by atoms with Gasteiger partial charge in [-0.15, -0.1) is 0 Å². The zero-order valence-corrected chi connectivity index (χ0v) is 17.2. The number of carbonyl (C=O) groups is 2. The van der Waals surface area contributed by atoms with Gasteiger partial charge in [0, 0.05) is 50.0 Å². The molecule has 0 aliphatic carbocycles. The van der Waals surface area contributed by atoms with Crippen molar-refractivity contribution in [1.29, 1.82) is 0 Å². The number of nitrogens with one attached hydrogen (secondary N) is 1. The van der Waals surface area contributed by atoms with Crippen molar-refractivity contribution in [3.63, 3.8) is 0 Å². The topological polar surface area (TPSA) is 71.1 Å². The largest absolute Gasteiger partial charge is 0.454 e. The van der Waals surface area contributed by atoms with E-state index < -0.39 is 0 Å². The molecule has 0 radical (unpaired) electrons. The summed E-state index contributed by atoms with van der Waals surface area (Å²) < 4.78 is 10.7. The van der Waals surface area contributed by atoms with Gasteiger partial charge in [-0.3, -0.25) is 9.59 Å². The third-order valence-corrected chi connectivity index (χ3v) is 5.57. The van der Waals surface area contributed by atoms with Gasteiger partial charge in [0.15, 0.2) is 11.5 Å². The molecule has 0 spiro atoms. The monoisotopic (exact) mass is 409 g/mol. The third kappa shape index (κ3) is 4.35. The van der Waals surface area contributed by atoms with Crippen LogP contribution in [0.25, 0.3) is 0 Å². The number of amides is 2. The predicted octanol–water partition coefficient (Wildman–Crippen LogP) is 2.80. The molecule has 4 rings (SSSR count). The van der Waals surface area contributed by atoms with Gasteiger partial charge in [-0.1, -0.05) is 18.2 Å². The maximum absolute atomic E-state index is 12.6. The molecule has 158 valence electrons. The molecule has 2 aromatic rings. The van der Waals surface area contributed by atoms with Crippen LogP contribution in [0.4, 0.5) is 11.4 Å². The van der Waals surface area contributed by atoms with Gasteiger partial charge in [-0.2, -0.15) is 0 Å². The summed E-state index contributed by atoms with van der Waals surface area (Å²) >= 11 is 0. The van der Waals surface area contributed by atoms with E-state index in [2.05, 4.69) is 29.3 Å². The van der Waals surface area contributed by atoms with E-state index >= 15 is 0 Å². The van der Waals surface area contributed by atoms with Gasteiger partial charge in [0.05, 0.1) is 5.92 Å². The lowest BCUT2D eigenvalue weighted by Crippen LogP contribution is -2.35. The van der Waals surface area contributed by atoms with E-state index in [-0.39, 0.29) is 30.9 Å². The Morgan fingerprint density at radius 3 is 2.77 bits per heavy atom. The van der Waals surface area contributed by atoms with Crippen molar-refractivity contribution in [1.82, 2.24) is 5.32 Å². The average molecular weight is 409 g/mol. The Labute approximate surface area is 176 Å². The normalized spacial score (nSPS) is 17.3. The van der Waals surface area contributed by atoms with Crippen LogP contribution in [-0.2, 0) is 9.59 Å². The number of para-hydroxylation sites is 1. The summed E-state index contributed by atoms with van der Waals surface area (Å²) in [6.07, 6.45) is 1.08. The van der Waals surface area contributed by atoms with Gasteiger partial charge in [-0.05, 0) is 37.6 Å². The van der Waals surface area contributed by atoms with E-state index in [0.717, 1.165) is 25.2 Å².